The SMILES string of the molecule is CCc1ccc([C@@H]2Nc3c(ccc(C(=O)O)c3C)[C@@H]3C=CC[C@@H]32)cc1. The highest BCUT2D eigenvalue weighted by molar-refractivity contribution is 5.92. The van der Waals surface area contributed by atoms with Crippen molar-refractivity contribution < 1.29 is 9.90 Å². The van der Waals surface area contributed by atoms with Crippen molar-refractivity contribution in [3.63, 3.8) is 0 Å². The van der Waals surface area contributed by atoms with Gasteiger partial charge in [0.2, 0.25) is 0 Å². The van der Waals surface area contributed by atoms with Gasteiger partial charge in [0, 0.05) is 11.6 Å². The maximum atomic E-state index is 11.5. The number of anilines is 1. The monoisotopic (exact) mass is 333 g/mol. The van der Waals surface area contributed by atoms with Gasteiger partial charge in [-0.3, -0.25) is 0 Å². The Morgan fingerprint density at radius 1 is 1.20 bits per heavy atom. The van der Waals surface area contributed by atoms with Crippen LogP contribution in [0, 0.1) is 12.8 Å². The topological polar surface area (TPSA) is 49.3 Å². The molecule has 0 saturated heterocycles. The summed E-state index contributed by atoms with van der Waals surface area (Å²) in [5.74, 6) is -0.0289. The lowest BCUT2D eigenvalue weighted by molar-refractivity contribution is 0.0696. The van der Waals surface area contributed by atoms with E-state index in [1.165, 1.54) is 16.7 Å². The second-order valence-corrected chi connectivity index (χ2v) is 7.08. The quantitative estimate of drug-likeness (QED) is 0.770. The van der Waals surface area contributed by atoms with Crippen LogP contribution >= 0.6 is 0 Å². The van der Waals surface area contributed by atoms with E-state index in [0.717, 1.165) is 24.1 Å². The molecule has 2 aliphatic rings. The molecule has 1 aliphatic heterocycles. The van der Waals surface area contributed by atoms with Gasteiger partial charge in [-0.1, -0.05) is 49.4 Å². The molecule has 3 heteroatoms. The zero-order chi connectivity index (χ0) is 17.6. The zero-order valence-electron chi connectivity index (χ0n) is 14.6. The number of nitrogens with one attached hydrogen (secondary N) is 1. The number of allylic oxidation sites excluding steroid dienone is 2. The van der Waals surface area contributed by atoms with E-state index in [2.05, 4.69) is 48.7 Å². The van der Waals surface area contributed by atoms with Crippen molar-refractivity contribution in [1.82, 2.24) is 0 Å². The average molecular weight is 333 g/mol. The van der Waals surface area contributed by atoms with Gasteiger partial charge in [-0.15, -0.1) is 0 Å². The first-order chi connectivity index (χ1) is 12.1. The van der Waals surface area contributed by atoms with Crippen LogP contribution < -0.4 is 5.32 Å². The molecule has 2 aromatic carbocycles. The van der Waals surface area contributed by atoms with Crippen molar-refractivity contribution in [3.8, 4) is 0 Å². The van der Waals surface area contributed by atoms with Crippen molar-refractivity contribution in [1.29, 1.82) is 0 Å². The lowest BCUT2D eigenvalue weighted by Gasteiger charge is -2.38. The minimum Gasteiger partial charge on any atom is -0.478 e. The summed E-state index contributed by atoms with van der Waals surface area (Å²) >= 11 is 0. The summed E-state index contributed by atoms with van der Waals surface area (Å²) in [6.45, 7) is 4.07. The number of benzene rings is 2. The van der Waals surface area contributed by atoms with Gasteiger partial charge in [-0.2, -0.15) is 0 Å². The van der Waals surface area contributed by atoms with Crippen molar-refractivity contribution in [3.05, 3.63) is 76.4 Å². The standard InChI is InChI=1S/C22H23NO2/c1-3-14-7-9-15(10-8-14)21-18-6-4-5-17(18)19-12-11-16(22(24)25)13(2)20(19)23-21/h4-5,7-12,17-18,21,23H,3,6H2,1-2H3,(H,24,25)/t17-,18+,21+/m1/s1. The highest BCUT2D eigenvalue weighted by atomic mass is 16.4. The molecule has 0 saturated carbocycles. The molecule has 0 aromatic heterocycles. The van der Waals surface area contributed by atoms with E-state index in [9.17, 15) is 9.90 Å². The Kier molecular flexibility index (Phi) is 3.87. The molecular formula is C22H23NO2. The molecule has 128 valence electrons. The zero-order valence-corrected chi connectivity index (χ0v) is 14.6. The van der Waals surface area contributed by atoms with Crippen LogP contribution in [0.3, 0.4) is 0 Å². The number of rotatable bonds is 3. The summed E-state index contributed by atoms with van der Waals surface area (Å²) in [7, 11) is 0. The minimum atomic E-state index is -0.866. The van der Waals surface area contributed by atoms with E-state index < -0.39 is 5.97 Å². The van der Waals surface area contributed by atoms with Crippen LogP contribution in [-0.2, 0) is 6.42 Å². The molecule has 1 aliphatic carbocycles. The molecule has 0 unspecified atom stereocenters. The summed E-state index contributed by atoms with van der Waals surface area (Å²) in [6.07, 6.45) is 6.64. The molecule has 0 radical (unpaired) electrons. The highest BCUT2D eigenvalue weighted by Gasteiger charge is 2.38. The molecule has 0 fully saturated rings. The Bertz CT molecular complexity index is 851. The fourth-order valence-corrected chi connectivity index (χ4v) is 4.34. The largest absolute Gasteiger partial charge is 0.478 e. The Hall–Kier alpha value is -2.55. The third-order valence-corrected chi connectivity index (χ3v) is 5.77. The third-order valence-electron chi connectivity index (χ3n) is 5.77. The number of hydrogen-bond acceptors (Lipinski definition) is 2. The summed E-state index contributed by atoms with van der Waals surface area (Å²) in [5, 5.41) is 13.1. The molecule has 0 bridgehead atoms. The van der Waals surface area contributed by atoms with Crippen LogP contribution in [0.4, 0.5) is 5.69 Å². The molecule has 4 rings (SSSR count). The van der Waals surface area contributed by atoms with Crippen LogP contribution in [0.15, 0.2) is 48.6 Å². The minimum absolute atomic E-state index is 0.209. The number of fused-ring (bicyclic) bond motifs is 3. The van der Waals surface area contributed by atoms with E-state index in [1.807, 2.05) is 13.0 Å². The lowest BCUT2D eigenvalue weighted by Crippen LogP contribution is -2.30. The molecule has 0 amide bonds. The van der Waals surface area contributed by atoms with Crippen molar-refractivity contribution in [2.75, 3.05) is 5.32 Å². The number of aromatic carboxylic acids is 1. The van der Waals surface area contributed by atoms with Gasteiger partial charge in [0.1, 0.15) is 0 Å². The lowest BCUT2D eigenvalue weighted by atomic mass is 9.76. The molecule has 1 heterocycles. The van der Waals surface area contributed by atoms with Gasteiger partial charge in [-0.25, -0.2) is 4.79 Å². The predicted molar refractivity (Wildman–Crippen MR) is 100 cm³/mol. The second-order valence-electron chi connectivity index (χ2n) is 7.08. The Morgan fingerprint density at radius 2 is 1.96 bits per heavy atom. The second kappa shape index (κ2) is 6.07. The number of carboxylic acids is 1. The van der Waals surface area contributed by atoms with Gasteiger partial charge in [0.25, 0.3) is 0 Å². The Balaban J connectivity index is 1.79. The molecule has 2 aromatic rings. The van der Waals surface area contributed by atoms with Gasteiger partial charge in [-0.05, 0) is 54.0 Å². The smallest absolute Gasteiger partial charge is 0.336 e. The Morgan fingerprint density at radius 3 is 2.64 bits per heavy atom. The van der Waals surface area contributed by atoms with E-state index in [4.69, 9.17) is 0 Å². The molecule has 3 atom stereocenters. The first-order valence-corrected chi connectivity index (χ1v) is 8.99. The maximum absolute atomic E-state index is 11.5. The van der Waals surface area contributed by atoms with Crippen molar-refractivity contribution in [2.24, 2.45) is 5.92 Å². The number of carbonyl (C=O) groups is 1. The van der Waals surface area contributed by atoms with Crippen LogP contribution in [0.1, 0.15) is 57.9 Å². The van der Waals surface area contributed by atoms with E-state index in [1.54, 1.807) is 6.07 Å². The highest BCUT2D eigenvalue weighted by Crippen LogP contribution is 2.50. The summed E-state index contributed by atoms with van der Waals surface area (Å²) in [4.78, 5) is 11.5. The average Bonchev–Trinajstić information content (AvgIpc) is 3.11. The van der Waals surface area contributed by atoms with Crippen molar-refractivity contribution >= 4 is 11.7 Å². The fraction of sp³-hybridized carbons (Fsp3) is 0.318. The van der Waals surface area contributed by atoms with Crippen LogP contribution in [0.5, 0.6) is 0 Å². The van der Waals surface area contributed by atoms with Crippen LogP contribution in [0.2, 0.25) is 0 Å². The van der Waals surface area contributed by atoms with Gasteiger partial charge >= 0.3 is 5.97 Å². The molecule has 25 heavy (non-hydrogen) atoms. The summed E-state index contributed by atoms with van der Waals surface area (Å²) in [6, 6.07) is 12.8. The molecule has 2 N–H and O–H groups in total. The van der Waals surface area contributed by atoms with E-state index >= 15 is 0 Å². The van der Waals surface area contributed by atoms with Gasteiger partial charge < -0.3 is 10.4 Å². The van der Waals surface area contributed by atoms with E-state index in [-0.39, 0.29) is 6.04 Å². The third kappa shape index (κ3) is 2.55. The van der Waals surface area contributed by atoms with Crippen LogP contribution in [0.25, 0.3) is 0 Å². The van der Waals surface area contributed by atoms with E-state index in [0.29, 0.717) is 17.4 Å². The van der Waals surface area contributed by atoms with Gasteiger partial charge in [0.15, 0.2) is 0 Å². The predicted octanol–water partition coefficient (Wildman–Crippen LogP) is 5.08. The first kappa shape index (κ1) is 15.9. The van der Waals surface area contributed by atoms with Gasteiger partial charge in [0.05, 0.1) is 11.6 Å². The fourth-order valence-electron chi connectivity index (χ4n) is 4.34. The molecule has 3 nitrogen and oxygen atoms in total. The molecular weight excluding hydrogens is 310 g/mol. The maximum Gasteiger partial charge on any atom is 0.336 e. The number of hydrogen-bond donors (Lipinski definition) is 2. The van der Waals surface area contributed by atoms with Crippen LogP contribution in [-0.4, -0.2) is 11.1 Å². The summed E-state index contributed by atoms with van der Waals surface area (Å²) < 4.78 is 0. The number of aryl methyl sites for hydroxylation is 1. The number of carboxylic acid groups (broad SMARTS) is 1. The van der Waals surface area contributed by atoms with Crippen molar-refractivity contribution in [2.45, 2.75) is 38.6 Å². The molecule has 0 spiro atoms. The normalized spacial score (nSPS) is 23.7. The Labute approximate surface area is 148 Å². The first-order valence-electron chi connectivity index (χ1n) is 8.99. The summed E-state index contributed by atoms with van der Waals surface area (Å²) in [5.41, 5.74) is 6.05.